The van der Waals surface area contributed by atoms with Crippen molar-refractivity contribution in [2.75, 3.05) is 6.54 Å². The molecular weight excluding hydrogens is 297 g/mol. The first-order valence-electron chi connectivity index (χ1n) is 6.30. The van der Waals surface area contributed by atoms with E-state index >= 15 is 0 Å². The lowest BCUT2D eigenvalue weighted by Crippen LogP contribution is -2.27. The first-order chi connectivity index (χ1) is 9.94. The van der Waals surface area contributed by atoms with Crippen molar-refractivity contribution in [2.24, 2.45) is 7.05 Å². The van der Waals surface area contributed by atoms with Crippen molar-refractivity contribution in [1.29, 1.82) is 0 Å². The number of nitrogens with one attached hydrogen (secondary N) is 1. The van der Waals surface area contributed by atoms with Gasteiger partial charge in [0.25, 0.3) is 0 Å². The Bertz CT molecular complexity index is 728. The Hall–Kier alpha value is -1.77. The Morgan fingerprint density at radius 1 is 1.38 bits per heavy atom. The number of hydrogen-bond donors (Lipinski definition) is 2. The summed E-state index contributed by atoms with van der Waals surface area (Å²) < 4.78 is 41.8. The van der Waals surface area contributed by atoms with Gasteiger partial charge in [0.15, 0.2) is 0 Å². The number of hydrogen-bond acceptors (Lipinski definition) is 4. The van der Waals surface area contributed by atoms with Crippen LogP contribution in [0, 0.1) is 5.82 Å². The molecular formula is C13H16FN3O3S. The smallest absolute Gasteiger partial charge is 0.243 e. The maximum Gasteiger partial charge on any atom is 0.243 e. The maximum atomic E-state index is 13.7. The summed E-state index contributed by atoms with van der Waals surface area (Å²) in [4.78, 5) is -0.459. The van der Waals surface area contributed by atoms with E-state index in [2.05, 4.69) is 9.82 Å². The van der Waals surface area contributed by atoms with Crippen molar-refractivity contribution >= 4 is 10.0 Å². The summed E-state index contributed by atoms with van der Waals surface area (Å²) in [6.45, 7) is -0.220. The van der Waals surface area contributed by atoms with Gasteiger partial charge in [-0.05, 0) is 23.8 Å². The normalized spacial score (nSPS) is 11.8. The summed E-state index contributed by atoms with van der Waals surface area (Å²) in [6.07, 6.45) is 2.06. The third-order valence-corrected chi connectivity index (χ3v) is 4.54. The van der Waals surface area contributed by atoms with E-state index in [0.717, 1.165) is 17.8 Å². The van der Waals surface area contributed by atoms with Crippen LogP contribution in [0.15, 0.2) is 35.4 Å². The molecule has 0 spiro atoms. The highest BCUT2D eigenvalue weighted by molar-refractivity contribution is 7.89. The zero-order chi connectivity index (χ0) is 15.5. The van der Waals surface area contributed by atoms with Gasteiger partial charge < -0.3 is 5.11 Å². The third kappa shape index (κ3) is 3.66. The van der Waals surface area contributed by atoms with Gasteiger partial charge in [0.1, 0.15) is 10.7 Å². The second-order valence-corrected chi connectivity index (χ2v) is 6.25. The van der Waals surface area contributed by atoms with Crippen LogP contribution in [0.25, 0.3) is 0 Å². The molecule has 0 aliphatic rings. The van der Waals surface area contributed by atoms with Crippen molar-refractivity contribution < 1.29 is 17.9 Å². The number of aryl methyl sites for hydroxylation is 1. The van der Waals surface area contributed by atoms with E-state index in [4.69, 9.17) is 5.11 Å². The van der Waals surface area contributed by atoms with Crippen LogP contribution < -0.4 is 4.72 Å². The van der Waals surface area contributed by atoms with Crippen LogP contribution >= 0.6 is 0 Å². The summed E-state index contributed by atoms with van der Waals surface area (Å²) >= 11 is 0. The number of aliphatic hydroxyl groups is 1. The molecule has 0 atom stereocenters. The highest BCUT2D eigenvalue weighted by atomic mass is 32.2. The molecule has 0 radical (unpaired) electrons. The van der Waals surface area contributed by atoms with Gasteiger partial charge in [0, 0.05) is 31.9 Å². The van der Waals surface area contributed by atoms with Crippen LogP contribution in [-0.2, 0) is 30.1 Å². The topological polar surface area (TPSA) is 84.2 Å². The summed E-state index contributed by atoms with van der Waals surface area (Å²) in [6, 6.07) is 5.27. The Kier molecular flexibility index (Phi) is 4.71. The van der Waals surface area contributed by atoms with Crippen molar-refractivity contribution in [3.05, 3.63) is 47.5 Å². The first-order valence-corrected chi connectivity index (χ1v) is 7.78. The number of nitrogens with zero attached hydrogens (tertiary/aromatic N) is 2. The molecule has 2 rings (SSSR count). The number of aromatic nitrogens is 2. The maximum absolute atomic E-state index is 13.7. The molecule has 2 N–H and O–H groups in total. The lowest BCUT2D eigenvalue weighted by atomic mass is 10.2. The molecule has 21 heavy (non-hydrogen) atoms. The van der Waals surface area contributed by atoms with E-state index in [0.29, 0.717) is 12.0 Å². The number of sulfonamides is 1. The van der Waals surface area contributed by atoms with Gasteiger partial charge in [-0.1, -0.05) is 6.07 Å². The molecule has 0 fully saturated rings. The van der Waals surface area contributed by atoms with E-state index < -0.39 is 20.7 Å². The quantitative estimate of drug-likeness (QED) is 0.817. The van der Waals surface area contributed by atoms with Crippen LogP contribution in [0.3, 0.4) is 0 Å². The number of benzene rings is 1. The third-order valence-electron chi connectivity index (χ3n) is 3.06. The lowest BCUT2D eigenvalue weighted by molar-refractivity contribution is 0.281. The molecule has 2 aromatic rings. The monoisotopic (exact) mass is 313 g/mol. The summed E-state index contributed by atoms with van der Waals surface area (Å²) in [7, 11) is -2.20. The average molecular weight is 313 g/mol. The number of rotatable bonds is 6. The van der Waals surface area contributed by atoms with Gasteiger partial charge in [-0.2, -0.15) is 5.10 Å². The molecule has 114 valence electrons. The molecule has 0 saturated heterocycles. The second-order valence-electron chi connectivity index (χ2n) is 4.52. The van der Waals surface area contributed by atoms with E-state index in [1.165, 1.54) is 6.07 Å². The molecule has 0 amide bonds. The van der Waals surface area contributed by atoms with Gasteiger partial charge in [-0.25, -0.2) is 17.5 Å². The molecule has 1 aromatic heterocycles. The Morgan fingerprint density at radius 3 is 2.76 bits per heavy atom. The van der Waals surface area contributed by atoms with Gasteiger partial charge in [0.05, 0.1) is 6.61 Å². The second kappa shape index (κ2) is 6.33. The zero-order valence-corrected chi connectivity index (χ0v) is 12.3. The molecule has 8 heteroatoms. The molecule has 1 aromatic carbocycles. The van der Waals surface area contributed by atoms with Crippen molar-refractivity contribution in [1.82, 2.24) is 14.5 Å². The Labute approximate surface area is 122 Å². The Morgan fingerprint density at radius 2 is 2.14 bits per heavy atom. The van der Waals surface area contributed by atoms with Crippen molar-refractivity contribution in [3.63, 3.8) is 0 Å². The fourth-order valence-corrected chi connectivity index (χ4v) is 3.05. The molecule has 0 unspecified atom stereocenters. The van der Waals surface area contributed by atoms with Gasteiger partial charge in [-0.15, -0.1) is 0 Å². The van der Waals surface area contributed by atoms with Crippen molar-refractivity contribution in [3.8, 4) is 0 Å². The fourth-order valence-electron chi connectivity index (χ4n) is 1.89. The van der Waals surface area contributed by atoms with E-state index in [9.17, 15) is 12.8 Å². The summed E-state index contributed by atoms with van der Waals surface area (Å²) in [5.41, 5.74) is 1.20. The predicted octanol–water partition coefficient (Wildman–Crippen LogP) is 0.572. The first kappa shape index (κ1) is 15.6. The minimum Gasteiger partial charge on any atom is -0.392 e. The molecule has 0 aliphatic heterocycles. The highest BCUT2D eigenvalue weighted by Crippen LogP contribution is 2.16. The van der Waals surface area contributed by atoms with E-state index in [1.54, 1.807) is 24.0 Å². The summed E-state index contributed by atoms with van der Waals surface area (Å²) in [5, 5.41) is 13.0. The minimum absolute atomic E-state index is 0.130. The molecule has 6 nitrogen and oxygen atoms in total. The average Bonchev–Trinajstić information content (AvgIpc) is 2.84. The van der Waals surface area contributed by atoms with E-state index in [1.807, 2.05) is 0 Å². The molecule has 0 aliphatic carbocycles. The van der Waals surface area contributed by atoms with Crippen LogP contribution in [0.4, 0.5) is 4.39 Å². The van der Waals surface area contributed by atoms with Gasteiger partial charge in [0.2, 0.25) is 10.0 Å². The largest absolute Gasteiger partial charge is 0.392 e. The van der Waals surface area contributed by atoms with Crippen LogP contribution in [0.2, 0.25) is 0 Å². The molecule has 0 saturated carbocycles. The van der Waals surface area contributed by atoms with Gasteiger partial charge >= 0.3 is 0 Å². The van der Waals surface area contributed by atoms with Crippen LogP contribution in [-0.4, -0.2) is 29.8 Å². The zero-order valence-electron chi connectivity index (χ0n) is 11.5. The standard InChI is InChI=1S/C13H16FN3O3S/c1-17-11(4-6-15-17)5-7-16-21(19,20)13-8-10(9-18)2-3-12(13)14/h2-4,6,8,16,18H,5,7,9H2,1H3. The fraction of sp³-hybridized carbons (Fsp3) is 0.308. The summed E-state index contributed by atoms with van der Waals surface area (Å²) in [5.74, 6) is -0.847. The molecule has 0 bridgehead atoms. The van der Waals surface area contributed by atoms with Crippen molar-refractivity contribution in [2.45, 2.75) is 17.9 Å². The predicted molar refractivity (Wildman–Crippen MR) is 74.4 cm³/mol. The van der Waals surface area contributed by atoms with E-state index in [-0.39, 0.29) is 13.2 Å². The molecule has 1 heterocycles. The SMILES string of the molecule is Cn1nccc1CCNS(=O)(=O)c1cc(CO)ccc1F. The highest BCUT2D eigenvalue weighted by Gasteiger charge is 2.19. The van der Waals surface area contributed by atoms with Crippen LogP contribution in [0.1, 0.15) is 11.3 Å². The number of halogens is 1. The Balaban J connectivity index is 2.10. The van der Waals surface area contributed by atoms with Crippen LogP contribution in [0.5, 0.6) is 0 Å². The van der Waals surface area contributed by atoms with Gasteiger partial charge in [-0.3, -0.25) is 4.68 Å². The lowest BCUT2D eigenvalue weighted by Gasteiger charge is -2.09. The minimum atomic E-state index is -3.96. The number of aliphatic hydroxyl groups excluding tert-OH is 1.